The summed E-state index contributed by atoms with van der Waals surface area (Å²) in [5, 5.41) is 2.57. The lowest BCUT2D eigenvalue weighted by molar-refractivity contribution is -0.128. The molecule has 1 saturated heterocycles. The second kappa shape index (κ2) is 11.9. The van der Waals surface area contributed by atoms with Crippen LogP contribution in [0.5, 0.6) is 0 Å². The van der Waals surface area contributed by atoms with Crippen molar-refractivity contribution in [2.24, 2.45) is 0 Å². The standard InChI is InChI=1S/C24H28N2O7S/c1-17(27)22(14-18-6-3-2-4-7-18)26-23(28)16-33-24(29)19-9-11-21(12-10-19)34(30,31)25-15-20-8-5-13-32-20/h2-4,6-7,9-12,20,22,25H,5,8,13-16H2,1H3,(H,26,28). The molecule has 1 aliphatic rings. The van der Waals surface area contributed by atoms with E-state index >= 15 is 0 Å². The first-order valence-corrected chi connectivity index (χ1v) is 12.4. The molecule has 0 spiro atoms. The third-order valence-corrected chi connectivity index (χ3v) is 6.81. The summed E-state index contributed by atoms with van der Waals surface area (Å²) in [5.41, 5.74) is 0.985. The molecule has 34 heavy (non-hydrogen) atoms. The molecule has 2 atom stereocenters. The summed E-state index contributed by atoms with van der Waals surface area (Å²) in [6.45, 7) is 1.63. The SMILES string of the molecule is CC(=O)C(Cc1ccccc1)NC(=O)COC(=O)c1ccc(S(=O)(=O)NCC2CCCO2)cc1. The molecule has 1 fully saturated rings. The molecule has 0 aliphatic carbocycles. The number of hydrogen-bond donors (Lipinski definition) is 2. The van der Waals surface area contributed by atoms with Gasteiger partial charge in [0.15, 0.2) is 12.4 Å². The Morgan fingerprint density at radius 3 is 2.41 bits per heavy atom. The van der Waals surface area contributed by atoms with E-state index in [0.717, 1.165) is 18.4 Å². The maximum atomic E-state index is 12.4. The molecule has 1 amide bonds. The van der Waals surface area contributed by atoms with E-state index in [1.54, 1.807) is 0 Å². The maximum absolute atomic E-state index is 12.4. The van der Waals surface area contributed by atoms with E-state index in [1.807, 2.05) is 30.3 Å². The number of sulfonamides is 1. The number of ketones is 1. The van der Waals surface area contributed by atoms with Crippen LogP contribution >= 0.6 is 0 Å². The van der Waals surface area contributed by atoms with E-state index in [4.69, 9.17) is 9.47 Å². The lowest BCUT2D eigenvalue weighted by atomic mass is 10.0. The molecule has 0 radical (unpaired) electrons. The van der Waals surface area contributed by atoms with Gasteiger partial charge < -0.3 is 14.8 Å². The minimum atomic E-state index is -3.74. The molecule has 9 nitrogen and oxygen atoms in total. The third-order valence-electron chi connectivity index (χ3n) is 5.37. The number of ether oxygens (including phenoxy) is 2. The van der Waals surface area contributed by atoms with Gasteiger partial charge in [-0.3, -0.25) is 9.59 Å². The third kappa shape index (κ3) is 7.47. The number of amides is 1. The first-order chi connectivity index (χ1) is 16.2. The highest BCUT2D eigenvalue weighted by atomic mass is 32.2. The van der Waals surface area contributed by atoms with Gasteiger partial charge >= 0.3 is 5.97 Å². The molecule has 1 heterocycles. The Kier molecular flexibility index (Phi) is 8.91. The quantitative estimate of drug-likeness (QED) is 0.460. The van der Waals surface area contributed by atoms with Crippen LogP contribution in [-0.4, -0.2) is 58.0 Å². The molecular weight excluding hydrogens is 460 g/mol. The number of esters is 1. The van der Waals surface area contributed by atoms with Crippen molar-refractivity contribution in [1.29, 1.82) is 0 Å². The predicted octanol–water partition coefficient (Wildman–Crippen LogP) is 1.62. The van der Waals surface area contributed by atoms with Gasteiger partial charge in [0.2, 0.25) is 10.0 Å². The summed E-state index contributed by atoms with van der Waals surface area (Å²) >= 11 is 0. The highest BCUT2D eigenvalue weighted by Crippen LogP contribution is 2.14. The van der Waals surface area contributed by atoms with Gasteiger partial charge in [0.1, 0.15) is 0 Å². The average Bonchev–Trinajstić information content (AvgIpc) is 3.35. The number of nitrogens with one attached hydrogen (secondary N) is 2. The van der Waals surface area contributed by atoms with Crippen molar-refractivity contribution in [1.82, 2.24) is 10.0 Å². The summed E-state index contributed by atoms with van der Waals surface area (Å²) in [6.07, 6.45) is 1.90. The fraction of sp³-hybridized carbons (Fsp3) is 0.375. The Bertz CT molecular complexity index is 1100. The summed E-state index contributed by atoms with van der Waals surface area (Å²) in [6, 6.07) is 13.7. The van der Waals surface area contributed by atoms with Crippen LogP contribution in [0, 0.1) is 0 Å². The highest BCUT2D eigenvalue weighted by Gasteiger charge is 2.21. The van der Waals surface area contributed by atoms with Gasteiger partial charge in [-0.05, 0) is 56.0 Å². The van der Waals surface area contributed by atoms with Gasteiger partial charge in [0.25, 0.3) is 5.91 Å². The van der Waals surface area contributed by atoms with Gasteiger partial charge in [0.05, 0.1) is 22.6 Å². The Morgan fingerprint density at radius 1 is 1.09 bits per heavy atom. The summed E-state index contributed by atoms with van der Waals surface area (Å²) in [7, 11) is -3.74. The zero-order chi connectivity index (χ0) is 24.6. The van der Waals surface area contributed by atoms with Crippen molar-refractivity contribution >= 4 is 27.7 Å². The number of benzene rings is 2. The molecule has 2 aromatic carbocycles. The van der Waals surface area contributed by atoms with Crippen molar-refractivity contribution < 1.29 is 32.3 Å². The van der Waals surface area contributed by atoms with E-state index in [1.165, 1.54) is 31.2 Å². The fourth-order valence-electron chi connectivity index (χ4n) is 3.46. The molecule has 0 bridgehead atoms. The zero-order valence-corrected chi connectivity index (χ0v) is 19.7. The van der Waals surface area contributed by atoms with E-state index in [0.29, 0.717) is 13.0 Å². The molecule has 2 aromatic rings. The number of rotatable bonds is 11. The van der Waals surface area contributed by atoms with Crippen molar-refractivity contribution in [2.45, 2.75) is 43.2 Å². The smallest absolute Gasteiger partial charge is 0.338 e. The first-order valence-electron chi connectivity index (χ1n) is 11.0. The molecule has 2 N–H and O–H groups in total. The second-order valence-corrected chi connectivity index (χ2v) is 9.77. The zero-order valence-electron chi connectivity index (χ0n) is 18.9. The fourth-order valence-corrected chi connectivity index (χ4v) is 4.52. The number of hydrogen-bond acceptors (Lipinski definition) is 7. The summed E-state index contributed by atoms with van der Waals surface area (Å²) < 4.78 is 37.7. The summed E-state index contributed by atoms with van der Waals surface area (Å²) in [4.78, 5) is 36.4. The van der Waals surface area contributed by atoms with Gasteiger partial charge in [-0.25, -0.2) is 17.9 Å². The molecule has 0 saturated carbocycles. The minimum absolute atomic E-state index is 0.00463. The highest BCUT2D eigenvalue weighted by molar-refractivity contribution is 7.89. The van der Waals surface area contributed by atoms with Crippen molar-refractivity contribution in [3.8, 4) is 0 Å². The van der Waals surface area contributed by atoms with Crippen LogP contribution in [0.1, 0.15) is 35.7 Å². The molecular formula is C24H28N2O7S. The first kappa shape index (κ1) is 25.5. The summed E-state index contributed by atoms with van der Waals surface area (Å²) in [5.74, 6) is -1.61. The largest absolute Gasteiger partial charge is 0.452 e. The number of carbonyl (C=O) groups excluding carboxylic acids is 3. The number of Topliss-reactive ketones (excluding diaryl/α,β-unsaturated/α-hetero) is 1. The van der Waals surface area contributed by atoms with Gasteiger partial charge in [-0.2, -0.15) is 0 Å². The van der Waals surface area contributed by atoms with E-state index in [9.17, 15) is 22.8 Å². The predicted molar refractivity (Wildman–Crippen MR) is 124 cm³/mol. The second-order valence-electron chi connectivity index (χ2n) is 8.01. The van der Waals surface area contributed by atoms with Gasteiger partial charge in [-0.15, -0.1) is 0 Å². The van der Waals surface area contributed by atoms with Gasteiger partial charge in [0, 0.05) is 13.2 Å². The Morgan fingerprint density at radius 2 is 1.79 bits per heavy atom. The molecule has 3 rings (SSSR count). The van der Waals surface area contributed by atoms with Crippen LogP contribution in [0.4, 0.5) is 0 Å². The molecule has 182 valence electrons. The van der Waals surface area contributed by atoms with E-state index < -0.39 is 34.5 Å². The molecule has 1 aliphatic heterocycles. The van der Waals surface area contributed by atoms with Crippen LogP contribution < -0.4 is 10.0 Å². The van der Waals surface area contributed by atoms with Crippen LogP contribution in [0.25, 0.3) is 0 Å². The lowest BCUT2D eigenvalue weighted by Gasteiger charge is -2.16. The van der Waals surface area contributed by atoms with Crippen LogP contribution in [0.2, 0.25) is 0 Å². The monoisotopic (exact) mass is 488 g/mol. The normalized spacial score (nSPS) is 16.6. The van der Waals surface area contributed by atoms with Crippen LogP contribution in [0.3, 0.4) is 0 Å². The van der Waals surface area contributed by atoms with Gasteiger partial charge in [-0.1, -0.05) is 30.3 Å². The van der Waals surface area contributed by atoms with Crippen LogP contribution in [0.15, 0.2) is 59.5 Å². The van der Waals surface area contributed by atoms with Crippen molar-refractivity contribution in [2.75, 3.05) is 19.8 Å². The van der Waals surface area contributed by atoms with E-state index in [-0.39, 0.29) is 28.9 Å². The molecule has 2 unspecified atom stereocenters. The van der Waals surface area contributed by atoms with Crippen molar-refractivity contribution in [3.63, 3.8) is 0 Å². The molecule has 0 aromatic heterocycles. The topological polar surface area (TPSA) is 128 Å². The Balaban J connectivity index is 1.49. The number of carbonyl (C=O) groups is 3. The molecule has 10 heteroatoms. The Labute approximate surface area is 198 Å². The van der Waals surface area contributed by atoms with E-state index in [2.05, 4.69) is 10.0 Å². The minimum Gasteiger partial charge on any atom is -0.452 e. The maximum Gasteiger partial charge on any atom is 0.338 e. The van der Waals surface area contributed by atoms with Crippen molar-refractivity contribution in [3.05, 3.63) is 65.7 Å². The van der Waals surface area contributed by atoms with Crippen LogP contribution in [-0.2, 0) is 35.5 Å². The average molecular weight is 489 g/mol. The lowest BCUT2D eigenvalue weighted by Crippen LogP contribution is -2.43. The Hall–Kier alpha value is -3.08.